The number of aromatic nitrogens is 8. The lowest BCUT2D eigenvalue weighted by Gasteiger charge is -2.25. The van der Waals surface area contributed by atoms with Crippen LogP contribution in [-0.4, -0.2) is 107 Å². The lowest BCUT2D eigenvalue weighted by Crippen LogP contribution is -2.36. The van der Waals surface area contributed by atoms with E-state index in [2.05, 4.69) is 19.9 Å². The van der Waals surface area contributed by atoms with Gasteiger partial charge in [-0.15, -0.1) is 0 Å². The highest BCUT2D eigenvalue weighted by Gasteiger charge is 2.23. The van der Waals surface area contributed by atoms with Crippen LogP contribution in [0.4, 0.5) is 23.3 Å². The van der Waals surface area contributed by atoms with Crippen molar-refractivity contribution < 1.29 is 19.7 Å². The van der Waals surface area contributed by atoms with E-state index in [1.165, 1.54) is 43.1 Å². The van der Waals surface area contributed by atoms with E-state index in [0.29, 0.717) is 69.0 Å². The third kappa shape index (κ3) is 8.84. The molecule has 0 fully saturated rings. The molecule has 4 rings (SSSR count). The Labute approximate surface area is 279 Å². The van der Waals surface area contributed by atoms with Gasteiger partial charge in [-0.3, -0.25) is 9.80 Å². The van der Waals surface area contributed by atoms with Crippen molar-refractivity contribution in [3.05, 3.63) is 88.5 Å². The van der Waals surface area contributed by atoms with Gasteiger partial charge in [-0.05, 0) is 39.2 Å². The minimum Gasteiger partial charge on any atom is -0.358 e. The Hall–Kier alpha value is -5.64. The van der Waals surface area contributed by atoms with Gasteiger partial charge in [0.15, 0.2) is 23.3 Å². The lowest BCUT2D eigenvalue weighted by molar-refractivity contribution is -0.392. The minimum atomic E-state index is -0.501. The van der Waals surface area contributed by atoms with Gasteiger partial charge in [-0.25, -0.2) is 38.2 Å². The molecule has 22 nitrogen and oxygen atoms in total. The molecule has 4 heterocycles. The number of nitro groups is 4. The molecule has 0 saturated heterocycles. The first-order valence-electron chi connectivity index (χ1n) is 15.4. The summed E-state index contributed by atoms with van der Waals surface area (Å²) in [6.07, 6.45) is 5.39. The SMILES string of the molecule is Cc1ncc([N+](=O)[O-])n1CCN(CCCN(CCn1c([N+](=O)[O-])cnc1C)CCn1c([N+](=O)[O-])cnc1C)CCn1c([N+](=O)[O-])cnc1C. The molecule has 0 atom stereocenters. The predicted molar refractivity (Wildman–Crippen MR) is 172 cm³/mol. The standard InChI is InChI=1S/C27H38N14O8/c1-20-28-16-24(38(42)43)34(20)12-8-32(9-13-35-21(2)29-17-25(35)39(44)45)6-5-7-33(10-14-36-22(3)30-18-26(36)40(46)47)11-15-37-23(4)31-19-27(37)41(48)49/h16-19H,5-15H2,1-4H3. The van der Waals surface area contributed by atoms with Crippen molar-refractivity contribution in [3.8, 4) is 0 Å². The normalized spacial score (nSPS) is 11.6. The zero-order valence-electron chi connectivity index (χ0n) is 27.6. The van der Waals surface area contributed by atoms with Crippen LogP contribution in [0.5, 0.6) is 0 Å². The first kappa shape index (κ1) is 36.2. The van der Waals surface area contributed by atoms with Gasteiger partial charge >= 0.3 is 23.3 Å². The molecule has 0 amide bonds. The average molecular weight is 687 g/mol. The Morgan fingerprint density at radius 3 is 0.898 bits per heavy atom. The van der Waals surface area contributed by atoms with E-state index < -0.39 is 19.7 Å². The van der Waals surface area contributed by atoms with Crippen LogP contribution in [0.2, 0.25) is 0 Å². The van der Waals surface area contributed by atoms with Crippen molar-refractivity contribution in [2.45, 2.75) is 60.3 Å². The van der Waals surface area contributed by atoms with Gasteiger partial charge in [0.05, 0.1) is 0 Å². The van der Waals surface area contributed by atoms with Crippen LogP contribution in [-0.2, 0) is 26.2 Å². The molecule has 0 saturated carbocycles. The molecule has 0 aliphatic rings. The van der Waals surface area contributed by atoms with Gasteiger partial charge in [0.2, 0.25) is 0 Å². The summed E-state index contributed by atoms with van der Waals surface area (Å²) < 4.78 is 6.02. The molecular formula is C27H38N14O8. The van der Waals surface area contributed by atoms with Gasteiger partial charge in [0, 0.05) is 53.9 Å². The van der Waals surface area contributed by atoms with Crippen LogP contribution >= 0.6 is 0 Å². The highest BCUT2D eigenvalue weighted by molar-refractivity contribution is 5.21. The molecule has 0 bridgehead atoms. The van der Waals surface area contributed by atoms with Gasteiger partial charge < -0.3 is 40.5 Å². The van der Waals surface area contributed by atoms with Crippen molar-refractivity contribution in [2.24, 2.45) is 0 Å². The van der Waals surface area contributed by atoms with Crippen molar-refractivity contribution in [2.75, 3.05) is 39.3 Å². The maximum Gasteiger partial charge on any atom is 0.342 e. The average Bonchev–Trinajstić information content (AvgIpc) is 3.81. The third-order valence-electron chi connectivity index (χ3n) is 8.39. The van der Waals surface area contributed by atoms with Crippen molar-refractivity contribution in [3.63, 3.8) is 0 Å². The van der Waals surface area contributed by atoms with Gasteiger partial charge in [0.25, 0.3) is 0 Å². The highest BCUT2D eigenvalue weighted by atomic mass is 16.6. The second-order valence-electron chi connectivity index (χ2n) is 11.3. The number of imidazole rings is 4. The predicted octanol–water partition coefficient (Wildman–Crippen LogP) is 2.43. The summed E-state index contributed by atoms with van der Waals surface area (Å²) in [6.45, 7) is 10.2. The summed E-state index contributed by atoms with van der Waals surface area (Å²) in [6, 6.07) is 0. The molecule has 0 unspecified atom stereocenters. The lowest BCUT2D eigenvalue weighted by atomic mass is 10.3. The molecule has 4 aromatic rings. The van der Waals surface area contributed by atoms with Gasteiger partial charge in [-0.2, -0.15) is 0 Å². The highest BCUT2D eigenvalue weighted by Crippen LogP contribution is 2.18. The van der Waals surface area contributed by atoms with Crippen LogP contribution in [0.25, 0.3) is 0 Å². The van der Waals surface area contributed by atoms with E-state index >= 15 is 0 Å². The fourth-order valence-corrected chi connectivity index (χ4v) is 5.67. The van der Waals surface area contributed by atoms with Crippen molar-refractivity contribution in [1.82, 2.24) is 48.0 Å². The molecule has 49 heavy (non-hydrogen) atoms. The summed E-state index contributed by atoms with van der Waals surface area (Å²) in [5, 5.41) is 46.3. The molecule has 0 aromatic carbocycles. The summed E-state index contributed by atoms with van der Waals surface area (Å²) in [5.41, 5.74) is 0. The Morgan fingerprint density at radius 1 is 0.469 bits per heavy atom. The summed E-state index contributed by atoms with van der Waals surface area (Å²) in [5.74, 6) is 1.35. The van der Waals surface area contributed by atoms with Crippen LogP contribution in [0.15, 0.2) is 24.8 Å². The van der Waals surface area contributed by atoms with Crippen LogP contribution in [0.3, 0.4) is 0 Å². The smallest absolute Gasteiger partial charge is 0.342 e. The van der Waals surface area contributed by atoms with Gasteiger partial charge in [-0.1, -0.05) is 0 Å². The maximum absolute atomic E-state index is 11.6. The fraction of sp³-hybridized carbons (Fsp3) is 0.556. The molecule has 264 valence electrons. The number of nitrogens with zero attached hydrogens (tertiary/aromatic N) is 14. The summed E-state index contributed by atoms with van der Waals surface area (Å²) in [7, 11) is 0. The molecule has 0 spiro atoms. The maximum atomic E-state index is 11.6. The van der Waals surface area contributed by atoms with E-state index in [-0.39, 0.29) is 49.5 Å². The largest absolute Gasteiger partial charge is 0.358 e. The van der Waals surface area contributed by atoms with Crippen molar-refractivity contribution in [1.29, 1.82) is 0 Å². The van der Waals surface area contributed by atoms with E-state index in [0.717, 1.165) is 0 Å². The topological polar surface area (TPSA) is 250 Å². The Balaban J connectivity index is 1.50. The Kier molecular flexibility index (Phi) is 11.8. The first-order valence-corrected chi connectivity index (χ1v) is 15.4. The number of rotatable bonds is 20. The van der Waals surface area contributed by atoms with E-state index in [4.69, 9.17) is 0 Å². The second-order valence-corrected chi connectivity index (χ2v) is 11.3. The quantitative estimate of drug-likeness (QED) is 0.0956. The molecule has 22 heteroatoms. The Morgan fingerprint density at radius 2 is 0.694 bits per heavy atom. The van der Waals surface area contributed by atoms with Crippen LogP contribution in [0, 0.1) is 68.2 Å². The molecule has 0 radical (unpaired) electrons. The van der Waals surface area contributed by atoms with Gasteiger partial charge in [0.1, 0.15) is 51.0 Å². The fourth-order valence-electron chi connectivity index (χ4n) is 5.67. The zero-order valence-corrected chi connectivity index (χ0v) is 27.6. The summed E-state index contributed by atoms with van der Waals surface area (Å²) in [4.78, 5) is 64.6. The van der Waals surface area contributed by atoms with Crippen LogP contribution < -0.4 is 0 Å². The molecule has 0 N–H and O–H groups in total. The molecule has 0 aliphatic carbocycles. The summed E-state index contributed by atoms with van der Waals surface area (Å²) >= 11 is 0. The van der Waals surface area contributed by atoms with E-state index in [9.17, 15) is 40.5 Å². The number of aryl methyl sites for hydroxylation is 4. The minimum absolute atomic E-state index is 0.141. The van der Waals surface area contributed by atoms with E-state index in [1.807, 2.05) is 9.80 Å². The molecular weight excluding hydrogens is 648 g/mol. The third-order valence-corrected chi connectivity index (χ3v) is 8.39. The van der Waals surface area contributed by atoms with Crippen molar-refractivity contribution >= 4 is 23.3 Å². The number of hydrogen-bond acceptors (Lipinski definition) is 14. The zero-order chi connectivity index (χ0) is 35.8. The van der Waals surface area contributed by atoms with Crippen LogP contribution in [0.1, 0.15) is 29.7 Å². The number of hydrogen-bond donors (Lipinski definition) is 0. The second kappa shape index (κ2) is 16.0. The molecule has 0 aliphatic heterocycles. The van der Waals surface area contributed by atoms with E-state index in [1.54, 1.807) is 27.7 Å². The molecule has 4 aromatic heterocycles. The monoisotopic (exact) mass is 686 g/mol. The first-order chi connectivity index (χ1) is 23.3. The Bertz CT molecular complexity index is 1550.